The van der Waals surface area contributed by atoms with Gasteiger partial charge in [0.05, 0.1) is 0 Å². The highest BCUT2D eigenvalue weighted by molar-refractivity contribution is 5.89. The molecular weight excluding hydrogens is 268 g/mol. The Kier molecular flexibility index (Phi) is 6.89. The van der Waals surface area contributed by atoms with E-state index in [1.54, 1.807) is 20.8 Å². The van der Waals surface area contributed by atoms with E-state index in [2.05, 4.69) is 9.47 Å². The third-order valence-corrected chi connectivity index (χ3v) is 2.16. The largest absolute Gasteiger partial charge is 0.454 e. The number of esters is 3. The molecule has 0 amide bonds. The van der Waals surface area contributed by atoms with Crippen LogP contribution in [0.3, 0.4) is 0 Å². The van der Waals surface area contributed by atoms with Crippen molar-refractivity contribution in [1.29, 1.82) is 0 Å². The van der Waals surface area contributed by atoms with Gasteiger partial charge in [-0.05, 0) is 6.92 Å². The Labute approximate surface area is 117 Å². The smallest absolute Gasteiger partial charge is 0.344 e. The molecule has 7 heteroatoms. The summed E-state index contributed by atoms with van der Waals surface area (Å²) >= 11 is 0. The molecule has 0 aliphatic rings. The minimum atomic E-state index is -0.922. The van der Waals surface area contributed by atoms with Crippen molar-refractivity contribution < 1.29 is 33.4 Å². The Morgan fingerprint density at radius 2 is 1.45 bits per heavy atom. The fraction of sp³-hybridized carbons (Fsp3) is 0.692. The first-order chi connectivity index (χ1) is 9.04. The molecule has 0 rings (SSSR count). The quantitative estimate of drug-likeness (QED) is 0.522. The van der Waals surface area contributed by atoms with Crippen molar-refractivity contribution in [2.24, 2.45) is 5.41 Å². The van der Waals surface area contributed by atoms with Gasteiger partial charge in [0, 0.05) is 12.3 Å². The Morgan fingerprint density at radius 1 is 0.950 bits per heavy atom. The van der Waals surface area contributed by atoms with Gasteiger partial charge < -0.3 is 14.2 Å². The second-order valence-corrected chi connectivity index (χ2v) is 5.19. The van der Waals surface area contributed by atoms with Crippen LogP contribution in [0.4, 0.5) is 0 Å². The summed E-state index contributed by atoms with van der Waals surface area (Å²) in [5, 5.41) is 0. The lowest BCUT2D eigenvalue weighted by Crippen LogP contribution is -2.35. The summed E-state index contributed by atoms with van der Waals surface area (Å²) in [6.45, 7) is 6.50. The van der Waals surface area contributed by atoms with Gasteiger partial charge in [-0.1, -0.05) is 20.8 Å². The zero-order valence-electron chi connectivity index (χ0n) is 12.3. The molecule has 1 atom stereocenters. The van der Waals surface area contributed by atoms with Gasteiger partial charge in [-0.2, -0.15) is 0 Å². The topological polar surface area (TPSA) is 96.0 Å². The maximum atomic E-state index is 11.8. The number of ketones is 1. The zero-order chi connectivity index (χ0) is 15.9. The van der Waals surface area contributed by atoms with Gasteiger partial charge in [-0.25, -0.2) is 9.59 Å². The average Bonchev–Trinajstić information content (AvgIpc) is 2.31. The van der Waals surface area contributed by atoms with Gasteiger partial charge in [0.1, 0.15) is 0 Å². The summed E-state index contributed by atoms with van der Waals surface area (Å²) in [4.78, 5) is 44.6. The summed E-state index contributed by atoms with van der Waals surface area (Å²) in [6.07, 6.45) is -0.922. The molecular formula is C13H20O7. The molecule has 20 heavy (non-hydrogen) atoms. The number of carbonyl (C=O) groups excluding carboxylic acids is 4. The molecule has 0 saturated carbocycles. The van der Waals surface area contributed by atoms with Crippen LogP contribution in [0.25, 0.3) is 0 Å². The van der Waals surface area contributed by atoms with Crippen LogP contribution in [0, 0.1) is 5.41 Å². The van der Waals surface area contributed by atoms with Crippen molar-refractivity contribution in [3.8, 4) is 0 Å². The van der Waals surface area contributed by atoms with Crippen molar-refractivity contribution in [3.05, 3.63) is 0 Å². The van der Waals surface area contributed by atoms with E-state index < -0.39 is 42.6 Å². The van der Waals surface area contributed by atoms with Crippen molar-refractivity contribution in [2.75, 3.05) is 13.2 Å². The molecule has 0 bridgehead atoms. The molecule has 0 aliphatic heterocycles. The van der Waals surface area contributed by atoms with E-state index in [0.717, 1.165) is 6.92 Å². The highest BCUT2D eigenvalue weighted by Gasteiger charge is 2.29. The van der Waals surface area contributed by atoms with Crippen LogP contribution in [0.1, 0.15) is 34.6 Å². The molecule has 0 N–H and O–H groups in total. The molecule has 0 radical (unpaired) electrons. The van der Waals surface area contributed by atoms with Crippen molar-refractivity contribution in [3.63, 3.8) is 0 Å². The molecule has 0 saturated heterocycles. The van der Waals surface area contributed by atoms with E-state index in [1.807, 2.05) is 0 Å². The van der Waals surface area contributed by atoms with Crippen LogP contribution in [-0.4, -0.2) is 43.0 Å². The van der Waals surface area contributed by atoms with E-state index >= 15 is 0 Å². The average molecular weight is 288 g/mol. The fourth-order valence-corrected chi connectivity index (χ4v) is 1.24. The molecule has 0 aliphatic carbocycles. The lowest BCUT2D eigenvalue weighted by molar-refractivity contribution is -0.168. The van der Waals surface area contributed by atoms with Gasteiger partial charge in [0.2, 0.25) is 0 Å². The second-order valence-electron chi connectivity index (χ2n) is 5.19. The number of ether oxygens (including phenoxy) is 3. The van der Waals surface area contributed by atoms with Crippen molar-refractivity contribution in [2.45, 2.75) is 40.7 Å². The summed E-state index contributed by atoms with van der Waals surface area (Å²) in [5.74, 6) is -2.58. The number of Topliss-reactive ketones (excluding diaryl/α,β-unsaturated/α-hetero) is 1. The third-order valence-electron chi connectivity index (χ3n) is 2.16. The molecule has 0 fully saturated rings. The maximum Gasteiger partial charge on any atom is 0.344 e. The molecule has 114 valence electrons. The summed E-state index contributed by atoms with van der Waals surface area (Å²) in [6, 6.07) is 0. The van der Waals surface area contributed by atoms with Crippen molar-refractivity contribution in [1.82, 2.24) is 0 Å². The van der Waals surface area contributed by atoms with E-state index in [9.17, 15) is 19.2 Å². The lowest BCUT2D eigenvalue weighted by Gasteiger charge is -2.21. The van der Waals surface area contributed by atoms with E-state index in [1.165, 1.54) is 6.92 Å². The van der Waals surface area contributed by atoms with Crippen LogP contribution in [0.15, 0.2) is 0 Å². The number of carbonyl (C=O) groups is 4. The summed E-state index contributed by atoms with van der Waals surface area (Å²) < 4.78 is 13.7. The molecule has 7 nitrogen and oxygen atoms in total. The van der Waals surface area contributed by atoms with Crippen LogP contribution in [0.5, 0.6) is 0 Å². The zero-order valence-corrected chi connectivity index (χ0v) is 12.3. The first kappa shape index (κ1) is 18.1. The predicted octanol–water partition coefficient (Wildman–Crippen LogP) is 0.640. The minimum Gasteiger partial charge on any atom is -0.454 e. The van der Waals surface area contributed by atoms with Crippen LogP contribution in [-0.2, 0) is 33.4 Å². The van der Waals surface area contributed by atoms with Crippen LogP contribution >= 0.6 is 0 Å². The second kappa shape index (κ2) is 7.62. The van der Waals surface area contributed by atoms with Gasteiger partial charge in [-0.15, -0.1) is 0 Å². The van der Waals surface area contributed by atoms with Gasteiger partial charge >= 0.3 is 17.9 Å². The standard InChI is InChI=1S/C13H20O7/c1-8(12(17)13(3,4)5)20-11(16)7-19-10(15)6-18-9(2)14/h8H,6-7H2,1-5H3. The van der Waals surface area contributed by atoms with Gasteiger partial charge in [-0.3, -0.25) is 9.59 Å². The molecule has 0 spiro atoms. The Bertz CT molecular complexity index is 392. The normalized spacial score (nSPS) is 12.2. The summed E-state index contributed by atoms with van der Waals surface area (Å²) in [5.41, 5.74) is -0.633. The monoisotopic (exact) mass is 288 g/mol. The highest BCUT2D eigenvalue weighted by Crippen LogP contribution is 2.18. The summed E-state index contributed by atoms with van der Waals surface area (Å²) in [7, 11) is 0. The SMILES string of the molecule is CC(=O)OCC(=O)OCC(=O)OC(C)C(=O)C(C)(C)C. The number of hydrogen-bond donors (Lipinski definition) is 0. The predicted molar refractivity (Wildman–Crippen MR) is 67.6 cm³/mol. The van der Waals surface area contributed by atoms with E-state index in [0.29, 0.717) is 0 Å². The van der Waals surface area contributed by atoms with Crippen LogP contribution < -0.4 is 0 Å². The number of hydrogen-bond acceptors (Lipinski definition) is 7. The molecule has 0 aromatic heterocycles. The first-order valence-electron chi connectivity index (χ1n) is 6.07. The highest BCUT2D eigenvalue weighted by atomic mass is 16.6. The molecule has 0 aromatic carbocycles. The molecule has 0 aromatic rings. The fourth-order valence-electron chi connectivity index (χ4n) is 1.24. The Balaban J connectivity index is 4.09. The van der Waals surface area contributed by atoms with E-state index in [4.69, 9.17) is 4.74 Å². The third kappa shape index (κ3) is 7.50. The molecule has 1 unspecified atom stereocenters. The molecule has 0 heterocycles. The Hall–Kier alpha value is -1.92. The van der Waals surface area contributed by atoms with Crippen LogP contribution in [0.2, 0.25) is 0 Å². The van der Waals surface area contributed by atoms with Crippen molar-refractivity contribution >= 4 is 23.7 Å². The number of rotatable bonds is 6. The first-order valence-corrected chi connectivity index (χ1v) is 6.07. The van der Waals surface area contributed by atoms with E-state index in [-0.39, 0.29) is 5.78 Å². The minimum absolute atomic E-state index is 0.239. The van der Waals surface area contributed by atoms with Gasteiger partial charge in [0.25, 0.3) is 0 Å². The maximum absolute atomic E-state index is 11.8. The lowest BCUT2D eigenvalue weighted by atomic mass is 9.88. The van der Waals surface area contributed by atoms with Gasteiger partial charge in [0.15, 0.2) is 25.1 Å². The Morgan fingerprint density at radius 3 is 1.90 bits per heavy atom.